The second kappa shape index (κ2) is 13.5. The smallest absolute Gasteiger partial charge is 0.336 e. The van der Waals surface area contributed by atoms with E-state index in [0.29, 0.717) is 25.5 Å². The molecule has 37 heavy (non-hydrogen) atoms. The van der Waals surface area contributed by atoms with Gasteiger partial charge in [0, 0.05) is 34.0 Å². The van der Waals surface area contributed by atoms with Crippen LogP contribution in [0.25, 0.3) is 10.8 Å². The van der Waals surface area contributed by atoms with Crippen molar-refractivity contribution in [3.05, 3.63) is 118 Å². The molecule has 0 bridgehead atoms. The lowest BCUT2D eigenvalue weighted by Crippen LogP contribution is -2.26. The summed E-state index contributed by atoms with van der Waals surface area (Å²) in [7, 11) is 0. The maximum absolute atomic E-state index is 12.7. The summed E-state index contributed by atoms with van der Waals surface area (Å²) in [6.07, 6.45) is 2.67. The second-order valence-corrected chi connectivity index (χ2v) is 8.21. The first-order valence-electron chi connectivity index (χ1n) is 11.8. The summed E-state index contributed by atoms with van der Waals surface area (Å²) < 4.78 is 0. The van der Waals surface area contributed by atoms with Crippen LogP contribution in [0.5, 0.6) is 0 Å². The normalized spacial score (nSPS) is 10.2. The van der Waals surface area contributed by atoms with E-state index < -0.39 is 11.9 Å². The number of hydrogen-bond donors (Lipinski definition) is 3. The van der Waals surface area contributed by atoms with Gasteiger partial charge in [0.25, 0.3) is 5.91 Å². The average molecular weight is 497 g/mol. The van der Waals surface area contributed by atoms with Gasteiger partial charge in [0.15, 0.2) is 12.6 Å². The Morgan fingerprint density at radius 2 is 1.19 bits per heavy atom. The van der Waals surface area contributed by atoms with Gasteiger partial charge >= 0.3 is 5.97 Å². The SMILES string of the molecule is NCCc1ccccc1.O=Cc1ccc(C=O)c2c(C(=O)NCCc3ccccc3)ccc(C(=O)O)c12. The molecule has 0 fully saturated rings. The summed E-state index contributed by atoms with van der Waals surface area (Å²) >= 11 is 0. The van der Waals surface area contributed by atoms with E-state index in [-0.39, 0.29) is 33.0 Å². The standard InChI is InChI=1S/C22H17NO5.C8H11N/c24-12-15-6-7-16(13-25)20-18(22(27)28)9-8-17(19(15)20)21(26)23-11-10-14-4-2-1-3-5-14;9-7-6-8-4-2-1-3-5-8/h1-9,12-13H,10-11H2,(H,23,26)(H,27,28);1-5H,6-7,9H2. The molecule has 1 amide bonds. The Hall–Kier alpha value is -4.62. The van der Waals surface area contributed by atoms with Crippen molar-refractivity contribution in [1.29, 1.82) is 0 Å². The van der Waals surface area contributed by atoms with E-state index >= 15 is 0 Å². The fourth-order valence-electron chi connectivity index (χ4n) is 3.98. The van der Waals surface area contributed by atoms with Gasteiger partial charge in [-0.2, -0.15) is 0 Å². The Morgan fingerprint density at radius 1 is 0.703 bits per heavy atom. The summed E-state index contributed by atoms with van der Waals surface area (Å²) in [5.74, 6) is -1.68. The van der Waals surface area contributed by atoms with Gasteiger partial charge in [-0.05, 0) is 42.6 Å². The van der Waals surface area contributed by atoms with Crippen molar-refractivity contribution in [2.24, 2.45) is 5.73 Å². The first-order chi connectivity index (χ1) is 18.0. The predicted molar refractivity (Wildman–Crippen MR) is 143 cm³/mol. The molecule has 4 N–H and O–H groups in total. The monoisotopic (exact) mass is 496 g/mol. The summed E-state index contributed by atoms with van der Waals surface area (Å²) in [6, 6.07) is 25.3. The number of amides is 1. The largest absolute Gasteiger partial charge is 0.478 e. The molecule has 4 aromatic rings. The molecular weight excluding hydrogens is 468 g/mol. The molecular formula is C30H28N2O5. The highest BCUT2D eigenvalue weighted by Crippen LogP contribution is 2.29. The molecule has 0 spiro atoms. The minimum absolute atomic E-state index is 0.0859. The third-order valence-corrected chi connectivity index (χ3v) is 5.77. The Kier molecular flexibility index (Phi) is 9.82. The van der Waals surface area contributed by atoms with Crippen molar-refractivity contribution in [1.82, 2.24) is 5.32 Å². The Balaban J connectivity index is 0.000000356. The molecule has 0 atom stereocenters. The number of aldehydes is 2. The van der Waals surface area contributed by atoms with Crippen LogP contribution in [0.4, 0.5) is 0 Å². The summed E-state index contributed by atoms with van der Waals surface area (Å²) in [5, 5.41) is 12.5. The third-order valence-electron chi connectivity index (χ3n) is 5.77. The van der Waals surface area contributed by atoms with Crippen molar-refractivity contribution < 1.29 is 24.3 Å². The Morgan fingerprint density at radius 3 is 1.68 bits per heavy atom. The van der Waals surface area contributed by atoms with E-state index in [1.54, 1.807) is 0 Å². The number of aromatic carboxylic acids is 1. The summed E-state index contributed by atoms with van der Waals surface area (Å²) in [5.41, 5.74) is 8.01. The Labute approximate surface area is 214 Å². The number of nitrogens with one attached hydrogen (secondary N) is 1. The van der Waals surface area contributed by atoms with Gasteiger partial charge in [-0.25, -0.2) is 4.79 Å². The number of carboxylic acids is 1. The van der Waals surface area contributed by atoms with Crippen LogP contribution < -0.4 is 11.1 Å². The van der Waals surface area contributed by atoms with Crippen molar-refractivity contribution in [3.63, 3.8) is 0 Å². The van der Waals surface area contributed by atoms with Crippen LogP contribution in [0, 0.1) is 0 Å². The molecule has 7 nitrogen and oxygen atoms in total. The zero-order valence-electron chi connectivity index (χ0n) is 20.2. The highest BCUT2D eigenvalue weighted by molar-refractivity contribution is 6.20. The molecule has 0 unspecified atom stereocenters. The molecule has 0 saturated carbocycles. The van der Waals surface area contributed by atoms with E-state index in [1.807, 2.05) is 48.5 Å². The van der Waals surface area contributed by atoms with Crippen LogP contribution in [0.2, 0.25) is 0 Å². The second-order valence-electron chi connectivity index (χ2n) is 8.21. The van der Waals surface area contributed by atoms with Crippen molar-refractivity contribution in [2.75, 3.05) is 13.1 Å². The number of fused-ring (bicyclic) bond motifs is 1. The van der Waals surface area contributed by atoms with E-state index in [9.17, 15) is 24.3 Å². The zero-order valence-corrected chi connectivity index (χ0v) is 20.2. The summed E-state index contributed by atoms with van der Waals surface area (Å²) in [4.78, 5) is 47.3. The number of carboxylic acid groups (broad SMARTS) is 1. The number of nitrogens with two attached hydrogens (primary N) is 1. The number of benzene rings is 4. The molecule has 4 rings (SSSR count). The lowest BCUT2D eigenvalue weighted by atomic mass is 9.92. The van der Waals surface area contributed by atoms with Crippen LogP contribution in [0.3, 0.4) is 0 Å². The molecule has 0 aliphatic rings. The maximum atomic E-state index is 12.7. The number of hydrogen-bond acceptors (Lipinski definition) is 5. The van der Waals surface area contributed by atoms with Crippen LogP contribution in [-0.2, 0) is 12.8 Å². The van der Waals surface area contributed by atoms with Gasteiger partial charge < -0.3 is 16.2 Å². The molecule has 0 aromatic heterocycles. The van der Waals surface area contributed by atoms with Crippen molar-refractivity contribution in [3.8, 4) is 0 Å². The van der Waals surface area contributed by atoms with Crippen LogP contribution >= 0.6 is 0 Å². The summed E-state index contributed by atoms with van der Waals surface area (Å²) in [6.45, 7) is 1.11. The van der Waals surface area contributed by atoms with Gasteiger partial charge in [0.2, 0.25) is 0 Å². The molecule has 4 aromatic carbocycles. The van der Waals surface area contributed by atoms with Gasteiger partial charge in [0.1, 0.15) is 0 Å². The first-order valence-corrected chi connectivity index (χ1v) is 11.8. The zero-order chi connectivity index (χ0) is 26.6. The van der Waals surface area contributed by atoms with E-state index in [4.69, 9.17) is 5.73 Å². The lowest BCUT2D eigenvalue weighted by Gasteiger charge is -2.13. The average Bonchev–Trinajstić information content (AvgIpc) is 2.93. The number of rotatable bonds is 9. The predicted octanol–water partition coefficient (Wildman–Crippen LogP) is 4.32. The molecule has 0 aliphatic carbocycles. The minimum atomic E-state index is -1.24. The molecule has 0 radical (unpaired) electrons. The van der Waals surface area contributed by atoms with E-state index in [0.717, 1.165) is 18.5 Å². The molecule has 0 saturated heterocycles. The maximum Gasteiger partial charge on any atom is 0.336 e. The molecule has 7 heteroatoms. The van der Waals surface area contributed by atoms with Crippen molar-refractivity contribution in [2.45, 2.75) is 12.8 Å². The number of carbonyl (C=O) groups excluding carboxylic acids is 3. The quantitative estimate of drug-likeness (QED) is 0.296. The van der Waals surface area contributed by atoms with Crippen molar-refractivity contribution >= 4 is 35.2 Å². The van der Waals surface area contributed by atoms with Gasteiger partial charge in [-0.15, -0.1) is 0 Å². The third kappa shape index (κ3) is 6.96. The van der Waals surface area contributed by atoms with Crippen LogP contribution in [-0.4, -0.2) is 42.6 Å². The Bertz CT molecular complexity index is 1390. The lowest BCUT2D eigenvalue weighted by molar-refractivity contribution is 0.0698. The topological polar surface area (TPSA) is 127 Å². The fraction of sp³-hybridized carbons (Fsp3) is 0.133. The van der Waals surface area contributed by atoms with E-state index in [2.05, 4.69) is 17.4 Å². The van der Waals surface area contributed by atoms with Gasteiger partial charge in [0.05, 0.1) is 5.56 Å². The fourth-order valence-corrected chi connectivity index (χ4v) is 3.98. The van der Waals surface area contributed by atoms with Crippen LogP contribution in [0.15, 0.2) is 84.9 Å². The minimum Gasteiger partial charge on any atom is -0.478 e. The van der Waals surface area contributed by atoms with Crippen LogP contribution in [0.1, 0.15) is 52.6 Å². The van der Waals surface area contributed by atoms with E-state index in [1.165, 1.54) is 29.8 Å². The molecule has 188 valence electrons. The molecule has 0 aliphatic heterocycles. The molecule has 0 heterocycles. The van der Waals surface area contributed by atoms with Gasteiger partial charge in [-0.3, -0.25) is 14.4 Å². The highest BCUT2D eigenvalue weighted by Gasteiger charge is 2.20. The highest BCUT2D eigenvalue weighted by atomic mass is 16.4. The van der Waals surface area contributed by atoms with Gasteiger partial charge in [-0.1, -0.05) is 72.8 Å². The number of carbonyl (C=O) groups is 4. The first kappa shape index (κ1) is 27.0.